The number of benzene rings is 2. The third-order valence-electron chi connectivity index (χ3n) is 7.55. The van der Waals surface area contributed by atoms with E-state index in [-0.39, 0.29) is 36.4 Å². The lowest BCUT2D eigenvalue weighted by atomic mass is 9.94. The van der Waals surface area contributed by atoms with Crippen LogP contribution in [0.5, 0.6) is 0 Å². The van der Waals surface area contributed by atoms with Crippen molar-refractivity contribution in [3.8, 4) is 0 Å². The van der Waals surface area contributed by atoms with Gasteiger partial charge < -0.3 is 24.8 Å². The predicted octanol–water partition coefficient (Wildman–Crippen LogP) is 3.02. The lowest BCUT2D eigenvalue weighted by Crippen LogP contribution is -2.47. The first-order chi connectivity index (χ1) is 18.0. The van der Waals surface area contributed by atoms with E-state index in [2.05, 4.69) is 10.6 Å². The number of carbonyl (C=O) groups excluding carboxylic acids is 2. The van der Waals surface area contributed by atoms with Crippen LogP contribution < -0.4 is 5.73 Å². The number of piperidine rings is 1. The highest BCUT2D eigenvalue weighted by molar-refractivity contribution is 5.95. The average molecular weight is 508 g/mol. The van der Waals surface area contributed by atoms with Crippen molar-refractivity contribution in [2.45, 2.75) is 37.8 Å². The molecule has 2 fully saturated rings. The van der Waals surface area contributed by atoms with Gasteiger partial charge in [0.2, 0.25) is 5.91 Å². The summed E-state index contributed by atoms with van der Waals surface area (Å²) in [5.74, 6) is -0.129. The molecule has 5 rings (SSSR count). The van der Waals surface area contributed by atoms with Gasteiger partial charge in [0.05, 0.1) is 17.0 Å². The molecular weight excluding hydrogens is 473 g/mol. The molecule has 2 aliphatic rings. The lowest BCUT2D eigenvalue weighted by molar-refractivity contribution is -0.136. The van der Waals surface area contributed by atoms with E-state index < -0.39 is 17.8 Å². The van der Waals surface area contributed by atoms with Crippen molar-refractivity contribution in [3.63, 3.8) is 0 Å². The average Bonchev–Trinajstić information content (AvgIpc) is 3.49. The zero-order valence-corrected chi connectivity index (χ0v) is 21.2. The number of carbonyl (C=O) groups is 2. The van der Waals surface area contributed by atoms with Crippen LogP contribution in [0.25, 0.3) is 11.0 Å². The summed E-state index contributed by atoms with van der Waals surface area (Å²) in [6.45, 7) is 3.24. The number of nitrogens with two attached hydrogens (primary N) is 1. The summed E-state index contributed by atoms with van der Waals surface area (Å²) in [7, 11) is 1.71. The minimum Gasteiger partial charge on any atom is -0.385 e. The number of aromatic nitrogens is 2. The Hall–Kier alpha value is -3.30. The Labute approximate surface area is 216 Å². The van der Waals surface area contributed by atoms with E-state index in [1.807, 2.05) is 23.1 Å². The Kier molecular flexibility index (Phi) is 7.53. The molecule has 0 aliphatic carbocycles. The van der Waals surface area contributed by atoms with Crippen molar-refractivity contribution in [3.05, 3.63) is 65.7 Å². The van der Waals surface area contributed by atoms with Gasteiger partial charge in [-0.1, -0.05) is 18.2 Å². The lowest BCUT2D eigenvalue weighted by Gasteiger charge is -2.35. The maximum Gasteiger partial charge on any atom is 0.254 e. The van der Waals surface area contributed by atoms with Crippen molar-refractivity contribution in [2.24, 2.45) is 11.7 Å². The summed E-state index contributed by atoms with van der Waals surface area (Å²) >= 11 is 0. The van der Waals surface area contributed by atoms with E-state index in [4.69, 9.17) is 15.5 Å². The molecule has 2 N–H and O–H groups in total. The molecule has 2 saturated heterocycles. The molecule has 0 saturated carbocycles. The van der Waals surface area contributed by atoms with Crippen LogP contribution in [0.4, 0.5) is 4.39 Å². The molecule has 8 nitrogen and oxygen atoms in total. The number of hydrogen-bond acceptors (Lipinski definition) is 5. The van der Waals surface area contributed by atoms with Gasteiger partial charge in [-0.3, -0.25) is 9.59 Å². The number of ether oxygens (including phenoxy) is 1. The number of rotatable bonds is 7. The van der Waals surface area contributed by atoms with Crippen molar-refractivity contribution in [1.82, 2.24) is 19.4 Å². The van der Waals surface area contributed by atoms with Crippen LogP contribution in [0.3, 0.4) is 0 Å². The van der Waals surface area contributed by atoms with Gasteiger partial charge in [-0.05, 0) is 49.6 Å². The van der Waals surface area contributed by atoms with E-state index in [1.54, 1.807) is 18.1 Å². The number of likely N-dealkylation sites (tertiary alicyclic amines) is 2. The van der Waals surface area contributed by atoms with Crippen LogP contribution in [0.1, 0.15) is 41.4 Å². The minimum absolute atomic E-state index is 0.0196. The number of amides is 2. The number of imidazole rings is 1. The predicted molar refractivity (Wildman–Crippen MR) is 139 cm³/mol. The van der Waals surface area contributed by atoms with E-state index in [0.717, 1.165) is 42.7 Å². The number of fused-ring (bicyclic) bond motifs is 1. The number of nitrogens with zero attached hydrogens (tertiary/aromatic N) is 4. The van der Waals surface area contributed by atoms with Crippen molar-refractivity contribution >= 4 is 22.8 Å². The first-order valence-corrected chi connectivity index (χ1v) is 13.0. The van der Waals surface area contributed by atoms with Gasteiger partial charge in [0, 0.05) is 64.0 Å². The molecule has 0 spiro atoms. The van der Waals surface area contributed by atoms with Gasteiger partial charge >= 0.3 is 0 Å². The zero-order chi connectivity index (χ0) is 25.9. The molecule has 9 heteroatoms. The molecule has 2 aromatic carbocycles. The first-order valence-electron chi connectivity index (χ1n) is 13.0. The highest BCUT2D eigenvalue weighted by Crippen LogP contribution is 2.31. The summed E-state index contributed by atoms with van der Waals surface area (Å²) in [6, 6.07) is 13.3. The minimum atomic E-state index is -0.475. The van der Waals surface area contributed by atoms with Crippen LogP contribution >= 0.6 is 0 Å². The van der Waals surface area contributed by atoms with E-state index in [9.17, 15) is 14.0 Å². The maximum atomic E-state index is 13.6. The number of hydrogen-bond donors (Lipinski definition) is 1. The summed E-state index contributed by atoms with van der Waals surface area (Å²) < 4.78 is 21.2. The number of methoxy groups -OCH3 is 1. The maximum absolute atomic E-state index is 13.6. The van der Waals surface area contributed by atoms with Gasteiger partial charge in [0.15, 0.2) is 0 Å². The quantitative estimate of drug-likeness (QED) is 0.496. The fourth-order valence-electron chi connectivity index (χ4n) is 5.69. The van der Waals surface area contributed by atoms with Crippen LogP contribution in [-0.2, 0) is 16.1 Å². The van der Waals surface area contributed by atoms with Gasteiger partial charge in [0.1, 0.15) is 11.6 Å². The normalized spacial score (nSPS) is 22.1. The smallest absolute Gasteiger partial charge is 0.254 e. The van der Waals surface area contributed by atoms with Gasteiger partial charge in [-0.25, -0.2) is 9.37 Å². The molecule has 2 amide bonds. The second kappa shape index (κ2) is 11.0. The Balaban J connectivity index is 1.30. The second-order valence-electron chi connectivity index (χ2n) is 10.1. The summed E-state index contributed by atoms with van der Waals surface area (Å²) in [4.78, 5) is 35.0. The number of aryl methyl sites for hydroxylation is 1. The van der Waals surface area contributed by atoms with Gasteiger partial charge in [-0.2, -0.15) is 0 Å². The van der Waals surface area contributed by atoms with Crippen molar-refractivity contribution in [2.75, 3.05) is 39.9 Å². The molecule has 0 bridgehead atoms. The van der Waals surface area contributed by atoms with Crippen LogP contribution in [-0.4, -0.2) is 77.1 Å². The molecule has 37 heavy (non-hydrogen) atoms. The Bertz CT molecular complexity index is 1280. The highest BCUT2D eigenvalue weighted by atomic mass is 19.1. The zero-order valence-electron chi connectivity index (χ0n) is 21.2. The fourth-order valence-corrected chi connectivity index (χ4v) is 5.69. The highest BCUT2D eigenvalue weighted by Gasteiger charge is 2.41. The van der Waals surface area contributed by atoms with Crippen LogP contribution in [0, 0.1) is 11.7 Å². The summed E-state index contributed by atoms with van der Waals surface area (Å²) in [5, 5.41) is 0. The molecule has 3 heterocycles. The Morgan fingerprint density at radius 3 is 2.76 bits per heavy atom. The third kappa shape index (κ3) is 5.24. The van der Waals surface area contributed by atoms with Crippen LogP contribution in [0.15, 0.2) is 48.5 Å². The molecule has 3 atom stereocenters. The Morgan fingerprint density at radius 2 is 1.95 bits per heavy atom. The van der Waals surface area contributed by atoms with E-state index >= 15 is 0 Å². The fraction of sp³-hybridized carbons (Fsp3) is 0.464. The Morgan fingerprint density at radius 1 is 1.11 bits per heavy atom. The van der Waals surface area contributed by atoms with Gasteiger partial charge in [0.25, 0.3) is 5.91 Å². The second-order valence-corrected chi connectivity index (χ2v) is 10.1. The third-order valence-corrected chi connectivity index (χ3v) is 7.55. The van der Waals surface area contributed by atoms with Crippen molar-refractivity contribution in [1.29, 1.82) is 0 Å². The molecule has 1 unspecified atom stereocenters. The number of para-hydroxylation sites is 2. The molecule has 196 valence electrons. The molecular formula is C28H34FN5O3. The molecule has 2 aliphatic heterocycles. The molecule has 1 aromatic heterocycles. The monoisotopic (exact) mass is 507 g/mol. The van der Waals surface area contributed by atoms with E-state index in [0.29, 0.717) is 19.7 Å². The SMILES string of the molecule is COCCCn1c(C2CCCN(C(=O)[C@@H]3CN(C(=O)c4cccc(F)c4)C[C@H]3N)C2)nc2ccccc21. The molecule has 3 aromatic rings. The number of halogens is 1. The standard InChI is InChI=1S/C28H34FN5O3/c1-37-14-6-13-34-25-11-3-2-10-24(25)31-26(34)20-8-5-12-32(16-20)28(36)22-17-33(18-23(22)30)27(35)19-7-4-9-21(29)15-19/h2-4,7,9-11,15,20,22-23H,5-6,8,12-14,16-18,30H2,1H3/t20?,22-,23-/m1/s1. The largest absolute Gasteiger partial charge is 0.385 e. The van der Waals surface area contributed by atoms with Gasteiger partial charge in [-0.15, -0.1) is 0 Å². The summed E-state index contributed by atoms with van der Waals surface area (Å²) in [5.41, 5.74) is 8.70. The van der Waals surface area contributed by atoms with Crippen molar-refractivity contribution < 1.29 is 18.7 Å². The first kappa shape index (κ1) is 25.4. The van der Waals surface area contributed by atoms with E-state index in [1.165, 1.54) is 18.2 Å². The topological polar surface area (TPSA) is 93.7 Å². The van der Waals surface area contributed by atoms with Crippen LogP contribution in [0.2, 0.25) is 0 Å². The summed E-state index contributed by atoms with van der Waals surface area (Å²) in [6.07, 6.45) is 2.72. The molecule has 0 radical (unpaired) electrons.